The Kier molecular flexibility index (Phi) is 4.04. The van der Waals surface area contributed by atoms with E-state index in [-0.39, 0.29) is 23.3 Å². The molecule has 2 rings (SSSR count). The molecule has 1 aromatic rings. The lowest BCUT2D eigenvalue weighted by Crippen LogP contribution is -2.46. The monoisotopic (exact) mass is 310 g/mol. The van der Waals surface area contributed by atoms with Gasteiger partial charge in [-0.3, -0.25) is 9.59 Å². The fraction of sp³-hybridized carbons (Fsp3) is 0.429. The van der Waals surface area contributed by atoms with Crippen LogP contribution in [-0.4, -0.2) is 37.3 Å². The molecule has 2 amide bonds. The number of sulfone groups is 1. The molecule has 21 heavy (non-hydrogen) atoms. The quantitative estimate of drug-likeness (QED) is 0.869. The van der Waals surface area contributed by atoms with E-state index in [4.69, 9.17) is 0 Å². The summed E-state index contributed by atoms with van der Waals surface area (Å²) in [5.41, 5.74) is 0.315. The first-order chi connectivity index (χ1) is 9.69. The average Bonchev–Trinajstić information content (AvgIpc) is 2.63. The first-order valence-electron chi connectivity index (χ1n) is 6.60. The molecule has 1 unspecified atom stereocenters. The zero-order valence-electron chi connectivity index (χ0n) is 12.0. The minimum Gasteiger partial charge on any atom is -0.346 e. The van der Waals surface area contributed by atoms with Gasteiger partial charge in [0.05, 0.1) is 17.0 Å². The number of benzene rings is 1. The van der Waals surface area contributed by atoms with Crippen LogP contribution in [0.15, 0.2) is 24.3 Å². The van der Waals surface area contributed by atoms with Gasteiger partial charge in [0.2, 0.25) is 5.91 Å². The molecule has 0 bridgehead atoms. The maximum absolute atomic E-state index is 12.2. The van der Waals surface area contributed by atoms with E-state index >= 15 is 0 Å². The zero-order chi connectivity index (χ0) is 15.7. The molecular formula is C14H18N2O4S. The van der Waals surface area contributed by atoms with E-state index in [9.17, 15) is 18.0 Å². The topological polar surface area (TPSA) is 92.3 Å². The molecule has 0 spiro atoms. The number of carbonyl (C=O) groups is 2. The zero-order valence-corrected chi connectivity index (χ0v) is 12.8. The third-order valence-electron chi connectivity index (χ3n) is 3.39. The van der Waals surface area contributed by atoms with Gasteiger partial charge < -0.3 is 10.6 Å². The van der Waals surface area contributed by atoms with Crippen molar-refractivity contribution in [1.29, 1.82) is 0 Å². The molecule has 1 aliphatic heterocycles. The number of hydrogen-bond donors (Lipinski definition) is 2. The predicted molar refractivity (Wildman–Crippen MR) is 79.9 cm³/mol. The minimum atomic E-state index is -3.06. The first kappa shape index (κ1) is 15.5. The summed E-state index contributed by atoms with van der Waals surface area (Å²) in [5.74, 6) is -0.430. The Labute approximate surface area is 123 Å². The van der Waals surface area contributed by atoms with Crippen molar-refractivity contribution in [1.82, 2.24) is 5.32 Å². The molecule has 0 aliphatic carbocycles. The van der Waals surface area contributed by atoms with Crippen LogP contribution >= 0.6 is 0 Å². The highest BCUT2D eigenvalue weighted by molar-refractivity contribution is 7.91. The molecule has 1 fully saturated rings. The summed E-state index contributed by atoms with van der Waals surface area (Å²) in [4.78, 5) is 23.1. The van der Waals surface area contributed by atoms with E-state index in [0.717, 1.165) is 0 Å². The number of amides is 2. The Bertz CT molecular complexity index is 667. The van der Waals surface area contributed by atoms with Gasteiger partial charge in [-0.2, -0.15) is 0 Å². The lowest BCUT2D eigenvalue weighted by atomic mass is 10.0. The number of anilines is 1. The van der Waals surface area contributed by atoms with Crippen LogP contribution in [-0.2, 0) is 14.6 Å². The molecular weight excluding hydrogens is 292 g/mol. The number of carbonyl (C=O) groups excluding carboxylic acids is 2. The fourth-order valence-corrected chi connectivity index (χ4v) is 4.46. The van der Waals surface area contributed by atoms with E-state index in [1.807, 2.05) is 0 Å². The second kappa shape index (κ2) is 5.48. The van der Waals surface area contributed by atoms with Crippen molar-refractivity contribution in [3.05, 3.63) is 29.8 Å². The van der Waals surface area contributed by atoms with Crippen LogP contribution in [0.3, 0.4) is 0 Å². The van der Waals surface area contributed by atoms with Crippen LogP contribution in [0.25, 0.3) is 0 Å². The summed E-state index contributed by atoms with van der Waals surface area (Å²) in [5, 5.41) is 5.39. The lowest BCUT2D eigenvalue weighted by molar-refractivity contribution is -0.114. The molecule has 0 aromatic heterocycles. The van der Waals surface area contributed by atoms with Crippen LogP contribution in [0.2, 0.25) is 0 Å². The Morgan fingerprint density at radius 3 is 2.29 bits per heavy atom. The number of nitrogens with one attached hydrogen (secondary N) is 2. The van der Waals surface area contributed by atoms with Gasteiger partial charge in [0.25, 0.3) is 5.91 Å². The van der Waals surface area contributed by atoms with Crippen molar-refractivity contribution in [2.24, 2.45) is 0 Å². The number of rotatable bonds is 3. The van der Waals surface area contributed by atoms with Gasteiger partial charge >= 0.3 is 0 Å². The smallest absolute Gasteiger partial charge is 0.251 e. The van der Waals surface area contributed by atoms with Crippen LogP contribution < -0.4 is 10.6 Å². The molecule has 1 aliphatic rings. The normalized spacial score (nSPS) is 23.5. The highest BCUT2D eigenvalue weighted by Gasteiger charge is 2.39. The third-order valence-corrected chi connectivity index (χ3v) is 5.29. The lowest BCUT2D eigenvalue weighted by Gasteiger charge is -2.23. The molecule has 1 saturated heterocycles. The van der Waals surface area contributed by atoms with Crippen molar-refractivity contribution in [3.8, 4) is 0 Å². The van der Waals surface area contributed by atoms with E-state index in [1.54, 1.807) is 31.2 Å². The predicted octanol–water partition coefficient (Wildman–Crippen LogP) is 0.952. The van der Waals surface area contributed by atoms with Crippen LogP contribution in [0.1, 0.15) is 30.6 Å². The largest absolute Gasteiger partial charge is 0.346 e. The molecule has 0 saturated carbocycles. The Morgan fingerprint density at radius 1 is 1.19 bits per heavy atom. The van der Waals surface area contributed by atoms with Crippen LogP contribution in [0.5, 0.6) is 0 Å². The first-order valence-corrected chi connectivity index (χ1v) is 8.42. The minimum absolute atomic E-state index is 0.0320. The SMILES string of the molecule is CC(=O)Nc1ccc(C(=O)NC2(C)CCS(=O)(=O)C2)cc1. The van der Waals surface area contributed by atoms with E-state index in [0.29, 0.717) is 17.7 Å². The van der Waals surface area contributed by atoms with E-state index in [1.165, 1.54) is 6.92 Å². The van der Waals surface area contributed by atoms with Crippen molar-refractivity contribution in [2.75, 3.05) is 16.8 Å². The Hall–Kier alpha value is -1.89. The average molecular weight is 310 g/mol. The highest BCUT2D eigenvalue weighted by atomic mass is 32.2. The maximum atomic E-state index is 12.2. The summed E-state index contributed by atoms with van der Waals surface area (Å²) in [7, 11) is -3.06. The van der Waals surface area contributed by atoms with Crippen LogP contribution in [0.4, 0.5) is 5.69 Å². The Morgan fingerprint density at radius 2 is 1.81 bits per heavy atom. The van der Waals surface area contributed by atoms with Gasteiger partial charge in [0, 0.05) is 18.2 Å². The van der Waals surface area contributed by atoms with Gasteiger partial charge in [-0.25, -0.2) is 8.42 Å². The molecule has 2 N–H and O–H groups in total. The van der Waals surface area contributed by atoms with Gasteiger partial charge in [-0.1, -0.05) is 0 Å². The number of hydrogen-bond acceptors (Lipinski definition) is 4. The van der Waals surface area contributed by atoms with Gasteiger partial charge in [0.15, 0.2) is 9.84 Å². The van der Waals surface area contributed by atoms with Crippen molar-refractivity contribution < 1.29 is 18.0 Å². The van der Waals surface area contributed by atoms with Crippen molar-refractivity contribution in [2.45, 2.75) is 25.8 Å². The Balaban J connectivity index is 2.05. The van der Waals surface area contributed by atoms with Crippen LogP contribution in [0, 0.1) is 0 Å². The second-order valence-electron chi connectivity index (χ2n) is 5.62. The third kappa shape index (κ3) is 4.04. The summed E-state index contributed by atoms with van der Waals surface area (Å²) < 4.78 is 23.0. The van der Waals surface area contributed by atoms with Gasteiger partial charge in [-0.05, 0) is 37.6 Å². The van der Waals surface area contributed by atoms with Crippen molar-refractivity contribution in [3.63, 3.8) is 0 Å². The van der Waals surface area contributed by atoms with E-state index < -0.39 is 15.4 Å². The summed E-state index contributed by atoms with van der Waals surface area (Å²) in [6.07, 6.45) is 0.422. The molecule has 0 radical (unpaired) electrons. The molecule has 1 heterocycles. The maximum Gasteiger partial charge on any atom is 0.251 e. The molecule has 1 atom stereocenters. The highest BCUT2D eigenvalue weighted by Crippen LogP contribution is 2.23. The van der Waals surface area contributed by atoms with Crippen molar-refractivity contribution >= 4 is 27.3 Å². The van der Waals surface area contributed by atoms with E-state index in [2.05, 4.69) is 10.6 Å². The van der Waals surface area contributed by atoms with Gasteiger partial charge in [0.1, 0.15) is 0 Å². The fourth-order valence-electron chi connectivity index (χ4n) is 2.36. The van der Waals surface area contributed by atoms with Gasteiger partial charge in [-0.15, -0.1) is 0 Å². The summed E-state index contributed by atoms with van der Waals surface area (Å²) in [6.45, 7) is 3.14. The summed E-state index contributed by atoms with van der Waals surface area (Å²) in [6, 6.07) is 6.44. The molecule has 114 valence electrons. The second-order valence-corrected chi connectivity index (χ2v) is 7.80. The standard InChI is InChI=1S/C14H18N2O4S/c1-10(17)15-12-5-3-11(4-6-12)13(18)16-14(2)7-8-21(19,20)9-14/h3-6H,7-9H2,1-2H3,(H,15,17)(H,16,18). The summed E-state index contributed by atoms with van der Waals surface area (Å²) >= 11 is 0. The molecule has 7 heteroatoms. The molecule has 6 nitrogen and oxygen atoms in total. The molecule has 1 aromatic carbocycles.